The second-order valence-corrected chi connectivity index (χ2v) is 7.12. The summed E-state index contributed by atoms with van der Waals surface area (Å²) in [6.07, 6.45) is 8.61. The summed E-state index contributed by atoms with van der Waals surface area (Å²) >= 11 is 1.27. The largest absolute Gasteiger partial charge is 0.270 e. The lowest BCUT2D eigenvalue weighted by atomic mass is 10.2. The van der Waals surface area contributed by atoms with Crippen LogP contribution in [0.1, 0.15) is 12.0 Å². The molecule has 0 aromatic heterocycles. The first-order valence-electron chi connectivity index (χ1n) is 5.58. The molecule has 18 heavy (non-hydrogen) atoms. The molecule has 0 atom stereocenters. The Morgan fingerprint density at radius 3 is 2.56 bits per heavy atom. The number of hydrogen-bond donors (Lipinski definition) is 0. The van der Waals surface area contributed by atoms with Gasteiger partial charge in [-0.2, -0.15) is 6.08 Å². The van der Waals surface area contributed by atoms with Crippen LogP contribution < -0.4 is 0 Å². The van der Waals surface area contributed by atoms with E-state index in [0.717, 1.165) is 17.2 Å². The van der Waals surface area contributed by atoms with Gasteiger partial charge in [-0.1, -0.05) is 17.7 Å². The lowest BCUT2D eigenvalue weighted by molar-refractivity contribution is 0.608. The van der Waals surface area contributed by atoms with Crippen molar-refractivity contribution >= 4 is 25.9 Å². The quantitative estimate of drug-likeness (QED) is 0.484. The van der Waals surface area contributed by atoms with Crippen molar-refractivity contribution in [1.29, 1.82) is 0 Å². The minimum absolute atomic E-state index is 0.344. The van der Waals surface area contributed by atoms with Crippen LogP contribution in [0, 0.1) is 12.2 Å². The van der Waals surface area contributed by atoms with Crippen molar-refractivity contribution in [2.45, 2.75) is 18.2 Å². The molecule has 1 aromatic rings. The standard InChI is InChI=1S/C14H14O2S2/c1-12-7-9-14(10-8-12)18(15,16)11-17-13-5-3-2-4-6-13/h2-5,7-11H,6H2,1H3. The van der Waals surface area contributed by atoms with Crippen molar-refractivity contribution < 1.29 is 8.42 Å². The Hall–Kier alpha value is -1.39. The summed E-state index contributed by atoms with van der Waals surface area (Å²) in [5.74, 6) is 0. The lowest BCUT2D eigenvalue weighted by Crippen LogP contribution is -2.05. The number of allylic oxidation sites excluding steroid dienone is 3. The van der Waals surface area contributed by atoms with E-state index < -0.39 is 9.84 Å². The third kappa shape index (κ3) is 3.31. The van der Waals surface area contributed by atoms with Crippen LogP contribution in [0.25, 0.3) is 0 Å². The fourth-order valence-corrected chi connectivity index (χ4v) is 3.80. The van der Waals surface area contributed by atoms with E-state index in [1.54, 1.807) is 12.1 Å². The Labute approximate surface area is 112 Å². The fraction of sp³-hybridized carbons (Fsp3) is 0.143. The van der Waals surface area contributed by atoms with Crippen LogP contribution in [0.4, 0.5) is 0 Å². The first-order chi connectivity index (χ1) is 8.58. The van der Waals surface area contributed by atoms with Crippen LogP contribution in [0.2, 0.25) is 0 Å². The zero-order valence-corrected chi connectivity index (χ0v) is 11.7. The number of aryl methyl sites for hydroxylation is 1. The molecule has 0 spiro atoms. The Morgan fingerprint density at radius 1 is 1.22 bits per heavy atom. The summed E-state index contributed by atoms with van der Waals surface area (Å²) in [7, 11) is -3.32. The van der Waals surface area contributed by atoms with Gasteiger partial charge in [0.15, 0.2) is 0 Å². The van der Waals surface area contributed by atoms with Crippen LogP contribution in [-0.2, 0) is 21.2 Å². The van der Waals surface area contributed by atoms with Gasteiger partial charge in [-0.05, 0) is 25.5 Å². The zero-order valence-electron chi connectivity index (χ0n) is 10.0. The van der Waals surface area contributed by atoms with E-state index in [2.05, 4.69) is 0 Å². The molecular weight excluding hydrogens is 264 g/mol. The van der Waals surface area contributed by atoms with E-state index in [0.29, 0.717) is 4.90 Å². The SMILES string of the molecule is Cc1ccc(S(=O)(=O)C=[S+][C-]2C=CC=CC2)cc1. The molecule has 2 nitrogen and oxygen atoms in total. The molecule has 0 aliphatic heterocycles. The van der Waals surface area contributed by atoms with E-state index in [-0.39, 0.29) is 0 Å². The van der Waals surface area contributed by atoms with Crippen LogP contribution in [0.3, 0.4) is 0 Å². The molecule has 0 bridgehead atoms. The molecule has 1 aliphatic carbocycles. The summed E-state index contributed by atoms with van der Waals surface area (Å²) in [4.78, 5) is 0.344. The fourth-order valence-electron chi connectivity index (χ4n) is 1.49. The molecule has 0 N–H and O–H groups in total. The van der Waals surface area contributed by atoms with Crippen molar-refractivity contribution in [2.24, 2.45) is 0 Å². The van der Waals surface area contributed by atoms with Gasteiger partial charge in [0.1, 0.15) is 11.4 Å². The Bertz CT molecular complexity index is 593. The Balaban J connectivity index is 2.16. The van der Waals surface area contributed by atoms with Crippen molar-refractivity contribution in [2.75, 3.05) is 0 Å². The van der Waals surface area contributed by atoms with E-state index >= 15 is 0 Å². The van der Waals surface area contributed by atoms with Gasteiger partial charge in [-0.15, -0.1) is 12.2 Å². The second kappa shape index (κ2) is 5.50. The van der Waals surface area contributed by atoms with Gasteiger partial charge in [-0.25, -0.2) is 14.5 Å². The van der Waals surface area contributed by atoms with Gasteiger partial charge in [0.25, 0.3) is 14.5 Å². The average Bonchev–Trinajstić information content (AvgIpc) is 2.38. The highest BCUT2D eigenvalue weighted by molar-refractivity contribution is 8.14. The second-order valence-electron chi connectivity index (χ2n) is 4.03. The van der Waals surface area contributed by atoms with Gasteiger partial charge in [0.2, 0.25) is 0 Å². The predicted molar refractivity (Wildman–Crippen MR) is 77.9 cm³/mol. The van der Waals surface area contributed by atoms with E-state index in [4.69, 9.17) is 0 Å². The van der Waals surface area contributed by atoms with Crippen molar-refractivity contribution in [1.82, 2.24) is 0 Å². The maximum Gasteiger partial charge on any atom is 0.270 e. The van der Waals surface area contributed by atoms with E-state index in [1.165, 1.54) is 16.1 Å². The van der Waals surface area contributed by atoms with Gasteiger partial charge < -0.3 is 0 Å². The minimum Gasteiger partial charge on any atom is -0.214 e. The van der Waals surface area contributed by atoms with Gasteiger partial charge in [-0.3, -0.25) is 0 Å². The highest BCUT2D eigenvalue weighted by atomic mass is 32.2. The Kier molecular flexibility index (Phi) is 3.99. The van der Waals surface area contributed by atoms with Crippen LogP contribution >= 0.6 is 0 Å². The lowest BCUT2D eigenvalue weighted by Gasteiger charge is -2.04. The zero-order chi connectivity index (χ0) is 13.0. The van der Waals surface area contributed by atoms with Gasteiger partial charge in [0, 0.05) is 0 Å². The van der Waals surface area contributed by atoms with Gasteiger partial charge in [0.05, 0.1) is 10.1 Å². The molecule has 0 unspecified atom stereocenters. The van der Waals surface area contributed by atoms with Crippen LogP contribution in [0.15, 0.2) is 53.5 Å². The molecule has 94 valence electrons. The first kappa shape index (κ1) is 13.1. The normalized spacial score (nSPS) is 15.5. The number of sulfone groups is 1. The third-order valence-corrected chi connectivity index (χ3v) is 5.46. The highest BCUT2D eigenvalue weighted by Gasteiger charge is 2.17. The highest BCUT2D eigenvalue weighted by Crippen LogP contribution is 2.15. The molecule has 2 rings (SSSR count). The van der Waals surface area contributed by atoms with E-state index in [1.807, 2.05) is 43.4 Å². The average molecular weight is 278 g/mol. The predicted octanol–water partition coefficient (Wildman–Crippen LogP) is 2.66. The molecule has 0 amide bonds. The summed E-state index contributed by atoms with van der Waals surface area (Å²) in [6.45, 7) is 1.93. The van der Waals surface area contributed by atoms with E-state index in [9.17, 15) is 8.42 Å². The van der Waals surface area contributed by atoms with Gasteiger partial charge >= 0.3 is 0 Å². The van der Waals surface area contributed by atoms with Crippen molar-refractivity contribution in [3.8, 4) is 0 Å². The topological polar surface area (TPSA) is 34.1 Å². The molecule has 0 heterocycles. The number of rotatable bonds is 3. The molecule has 0 saturated heterocycles. The molecule has 0 fully saturated rings. The Morgan fingerprint density at radius 2 is 1.94 bits per heavy atom. The summed E-state index contributed by atoms with van der Waals surface area (Å²) < 4.78 is 25.4. The monoisotopic (exact) mass is 278 g/mol. The van der Waals surface area contributed by atoms with Crippen molar-refractivity contribution in [3.63, 3.8) is 0 Å². The number of benzene rings is 1. The molecule has 4 heteroatoms. The molecular formula is C14H14O2S2. The van der Waals surface area contributed by atoms with Crippen LogP contribution in [-0.4, -0.2) is 13.1 Å². The number of hydrogen-bond acceptors (Lipinski definition) is 2. The summed E-state index contributed by atoms with van der Waals surface area (Å²) in [5.41, 5.74) is 1.05. The molecule has 1 aliphatic rings. The van der Waals surface area contributed by atoms with Crippen LogP contribution in [0.5, 0.6) is 0 Å². The van der Waals surface area contributed by atoms with Crippen molar-refractivity contribution in [3.05, 3.63) is 59.4 Å². The first-order valence-corrected chi connectivity index (χ1v) is 8.01. The summed E-state index contributed by atoms with van der Waals surface area (Å²) in [5, 5.41) is 1.04. The molecule has 0 saturated carbocycles. The smallest absolute Gasteiger partial charge is 0.214 e. The minimum atomic E-state index is -3.32. The molecule has 1 aromatic carbocycles. The maximum atomic E-state index is 12.1. The molecule has 0 radical (unpaired) electrons. The maximum absolute atomic E-state index is 12.1. The summed E-state index contributed by atoms with van der Waals surface area (Å²) in [6, 6.07) is 6.90. The third-order valence-electron chi connectivity index (χ3n) is 2.52.